The van der Waals surface area contributed by atoms with Crippen molar-refractivity contribution in [2.24, 2.45) is 5.73 Å². The molecule has 3 rings (SSSR count). The number of nitrogens with two attached hydrogens (primary N) is 1. The van der Waals surface area contributed by atoms with Gasteiger partial charge in [0.1, 0.15) is 11.7 Å². The van der Waals surface area contributed by atoms with Crippen LogP contribution in [0.25, 0.3) is 11.1 Å². The van der Waals surface area contributed by atoms with Gasteiger partial charge in [-0.3, -0.25) is 10.2 Å². The highest BCUT2D eigenvalue weighted by atomic mass is 19.1. The van der Waals surface area contributed by atoms with Crippen LogP contribution in [0.2, 0.25) is 0 Å². The second-order valence-electron chi connectivity index (χ2n) is 5.99. The minimum atomic E-state index is -1.29. The summed E-state index contributed by atoms with van der Waals surface area (Å²) in [6, 6.07) is 16.3. The summed E-state index contributed by atoms with van der Waals surface area (Å²) in [6.45, 7) is 0. The van der Waals surface area contributed by atoms with Crippen molar-refractivity contribution >= 4 is 23.4 Å². The minimum Gasteiger partial charge on any atom is -0.478 e. The number of carboxylic acids is 1. The molecule has 140 valence electrons. The molecule has 0 radical (unpaired) electrons. The maximum Gasteiger partial charge on any atom is 0.336 e. The number of carbonyl (C=O) groups excluding carboxylic acids is 1. The number of anilines is 1. The molecule has 0 heterocycles. The Labute approximate surface area is 159 Å². The van der Waals surface area contributed by atoms with Gasteiger partial charge in [-0.1, -0.05) is 24.3 Å². The van der Waals surface area contributed by atoms with E-state index < -0.39 is 17.7 Å². The first-order chi connectivity index (χ1) is 13.4. The molecule has 5 N–H and O–H groups in total. The molecular formula is C21H16FN3O3. The third-order valence-corrected chi connectivity index (χ3v) is 4.13. The van der Waals surface area contributed by atoms with Crippen LogP contribution in [0.15, 0.2) is 66.7 Å². The van der Waals surface area contributed by atoms with Crippen LogP contribution in [0.1, 0.15) is 26.3 Å². The fourth-order valence-corrected chi connectivity index (χ4v) is 2.78. The van der Waals surface area contributed by atoms with Crippen molar-refractivity contribution in [1.29, 1.82) is 5.41 Å². The van der Waals surface area contributed by atoms with Crippen molar-refractivity contribution in [1.82, 2.24) is 0 Å². The smallest absolute Gasteiger partial charge is 0.336 e. The van der Waals surface area contributed by atoms with Crippen molar-refractivity contribution in [2.45, 2.75) is 0 Å². The molecule has 28 heavy (non-hydrogen) atoms. The number of carbonyl (C=O) groups is 2. The Balaban J connectivity index is 1.98. The van der Waals surface area contributed by atoms with E-state index in [9.17, 15) is 19.1 Å². The molecule has 0 bridgehead atoms. The van der Waals surface area contributed by atoms with Gasteiger partial charge in [0.25, 0.3) is 5.91 Å². The van der Waals surface area contributed by atoms with E-state index >= 15 is 0 Å². The summed E-state index contributed by atoms with van der Waals surface area (Å²) in [7, 11) is 0. The molecule has 0 aliphatic rings. The SMILES string of the molecule is N=C(N)c1ccc(NC(=O)c2ccccc2-c2ccc(F)cc2C(=O)O)cc1. The summed E-state index contributed by atoms with van der Waals surface area (Å²) in [5.41, 5.74) is 7.05. The molecule has 3 aromatic carbocycles. The van der Waals surface area contributed by atoms with Gasteiger partial charge in [0.2, 0.25) is 0 Å². The number of amidine groups is 1. The average Bonchev–Trinajstić information content (AvgIpc) is 2.68. The normalized spacial score (nSPS) is 10.3. The predicted octanol–water partition coefficient (Wildman–Crippen LogP) is 3.73. The van der Waals surface area contributed by atoms with Crippen molar-refractivity contribution < 1.29 is 19.1 Å². The average molecular weight is 377 g/mol. The highest BCUT2D eigenvalue weighted by molar-refractivity contribution is 6.10. The Kier molecular flexibility index (Phi) is 5.17. The summed E-state index contributed by atoms with van der Waals surface area (Å²) in [6.07, 6.45) is 0. The molecule has 0 spiro atoms. The number of halogens is 1. The van der Waals surface area contributed by atoms with E-state index in [-0.39, 0.29) is 22.5 Å². The minimum absolute atomic E-state index is 0.0827. The lowest BCUT2D eigenvalue weighted by Crippen LogP contribution is -2.14. The molecule has 1 amide bonds. The van der Waals surface area contributed by atoms with Crippen molar-refractivity contribution in [2.75, 3.05) is 5.32 Å². The number of nitrogens with one attached hydrogen (secondary N) is 2. The van der Waals surface area contributed by atoms with Gasteiger partial charge in [0.05, 0.1) is 5.56 Å². The lowest BCUT2D eigenvalue weighted by molar-refractivity contribution is 0.0697. The molecule has 0 aliphatic carbocycles. The van der Waals surface area contributed by atoms with Crippen LogP contribution in [-0.2, 0) is 0 Å². The van der Waals surface area contributed by atoms with Gasteiger partial charge in [-0.05, 0) is 53.6 Å². The van der Waals surface area contributed by atoms with Crippen LogP contribution in [-0.4, -0.2) is 22.8 Å². The molecule has 3 aromatic rings. The van der Waals surface area contributed by atoms with Crippen molar-refractivity contribution in [3.05, 3.63) is 89.2 Å². The zero-order chi connectivity index (χ0) is 20.3. The number of hydrogen-bond acceptors (Lipinski definition) is 3. The van der Waals surface area contributed by atoms with E-state index in [4.69, 9.17) is 11.1 Å². The second-order valence-corrected chi connectivity index (χ2v) is 5.99. The Morgan fingerprint density at radius 3 is 2.21 bits per heavy atom. The highest BCUT2D eigenvalue weighted by Gasteiger charge is 2.18. The third kappa shape index (κ3) is 3.88. The lowest BCUT2D eigenvalue weighted by Gasteiger charge is -2.13. The van der Waals surface area contributed by atoms with Gasteiger partial charge in [-0.2, -0.15) is 0 Å². The molecule has 0 aliphatic heterocycles. The molecule has 0 atom stereocenters. The quantitative estimate of drug-likeness (QED) is 0.400. The van der Waals surface area contributed by atoms with Gasteiger partial charge in [0.15, 0.2) is 0 Å². The maximum absolute atomic E-state index is 13.5. The largest absolute Gasteiger partial charge is 0.478 e. The summed E-state index contributed by atoms with van der Waals surface area (Å²) < 4.78 is 13.5. The lowest BCUT2D eigenvalue weighted by atomic mass is 9.94. The molecule has 0 saturated carbocycles. The predicted molar refractivity (Wildman–Crippen MR) is 104 cm³/mol. The number of nitrogen functional groups attached to an aromatic ring is 1. The van der Waals surface area contributed by atoms with E-state index in [1.54, 1.807) is 48.5 Å². The zero-order valence-electron chi connectivity index (χ0n) is 14.6. The van der Waals surface area contributed by atoms with Crippen molar-refractivity contribution in [3.8, 4) is 11.1 Å². The summed E-state index contributed by atoms with van der Waals surface area (Å²) >= 11 is 0. The fraction of sp³-hybridized carbons (Fsp3) is 0. The second kappa shape index (κ2) is 7.71. The molecular weight excluding hydrogens is 361 g/mol. The van der Waals surface area contributed by atoms with Gasteiger partial charge < -0.3 is 16.2 Å². The van der Waals surface area contributed by atoms with Gasteiger partial charge in [0, 0.05) is 16.8 Å². The van der Waals surface area contributed by atoms with Crippen LogP contribution in [0.3, 0.4) is 0 Å². The standard InChI is InChI=1S/C21H16FN3O3/c22-13-7-10-16(18(11-13)21(27)28)15-3-1-2-4-17(15)20(26)25-14-8-5-12(6-9-14)19(23)24/h1-11H,(H3,23,24)(H,25,26)(H,27,28). The van der Waals surface area contributed by atoms with Crippen molar-refractivity contribution in [3.63, 3.8) is 0 Å². The van der Waals surface area contributed by atoms with E-state index in [1.807, 2.05) is 0 Å². The molecule has 0 aromatic heterocycles. The monoisotopic (exact) mass is 377 g/mol. The number of hydrogen-bond donors (Lipinski definition) is 4. The van der Waals surface area contributed by atoms with Gasteiger partial charge >= 0.3 is 5.97 Å². The van der Waals surface area contributed by atoms with E-state index in [1.165, 1.54) is 6.07 Å². The molecule has 0 unspecified atom stereocenters. The Bertz CT molecular complexity index is 1080. The fourth-order valence-electron chi connectivity index (χ4n) is 2.78. The van der Waals surface area contributed by atoms with Crippen LogP contribution in [0, 0.1) is 11.2 Å². The molecule has 0 fully saturated rings. The first-order valence-electron chi connectivity index (χ1n) is 8.25. The van der Waals surface area contributed by atoms with Crippen LogP contribution in [0.5, 0.6) is 0 Å². The molecule has 0 saturated heterocycles. The summed E-state index contributed by atoms with van der Waals surface area (Å²) in [4.78, 5) is 24.3. The number of benzene rings is 3. The first-order valence-corrected chi connectivity index (χ1v) is 8.25. The number of aromatic carboxylic acids is 1. The summed E-state index contributed by atoms with van der Waals surface area (Å²) in [5, 5.41) is 19.5. The van der Waals surface area contributed by atoms with Gasteiger partial charge in [-0.15, -0.1) is 0 Å². The summed E-state index contributed by atoms with van der Waals surface area (Å²) in [5.74, 6) is -2.49. The van der Waals surface area contributed by atoms with E-state index in [0.29, 0.717) is 16.8 Å². The van der Waals surface area contributed by atoms with E-state index in [0.717, 1.165) is 12.1 Å². The Hall–Kier alpha value is -4.00. The Morgan fingerprint density at radius 1 is 0.929 bits per heavy atom. The van der Waals surface area contributed by atoms with Crippen LogP contribution >= 0.6 is 0 Å². The number of rotatable bonds is 5. The maximum atomic E-state index is 13.5. The topological polar surface area (TPSA) is 116 Å². The Morgan fingerprint density at radius 2 is 1.57 bits per heavy atom. The van der Waals surface area contributed by atoms with Gasteiger partial charge in [-0.25, -0.2) is 9.18 Å². The zero-order valence-corrected chi connectivity index (χ0v) is 14.6. The third-order valence-electron chi connectivity index (χ3n) is 4.13. The highest BCUT2D eigenvalue weighted by Crippen LogP contribution is 2.28. The number of amides is 1. The number of carboxylic acid groups (broad SMARTS) is 1. The molecule has 6 nitrogen and oxygen atoms in total. The van der Waals surface area contributed by atoms with Crippen LogP contribution in [0.4, 0.5) is 10.1 Å². The molecule has 7 heteroatoms. The first kappa shape index (κ1) is 18.8. The van der Waals surface area contributed by atoms with Crippen LogP contribution < -0.4 is 11.1 Å². The van der Waals surface area contributed by atoms with E-state index in [2.05, 4.69) is 5.32 Å².